The Balaban J connectivity index is 2.47. The maximum Gasteiger partial charge on any atom is 0.308 e. The number of carbonyl (C=O) groups is 3. The van der Waals surface area contributed by atoms with Crippen molar-refractivity contribution in [1.29, 1.82) is 0 Å². The summed E-state index contributed by atoms with van der Waals surface area (Å²) in [5, 5.41) is 8.81. The van der Waals surface area contributed by atoms with Gasteiger partial charge in [0.1, 0.15) is 0 Å². The molecule has 1 rings (SSSR count). The molecule has 1 aromatic carbocycles. The molecular formula is C16H21NO4. The molecule has 114 valence electrons. The molecule has 0 aliphatic carbocycles. The summed E-state index contributed by atoms with van der Waals surface area (Å²) >= 11 is 0. The van der Waals surface area contributed by atoms with Crippen molar-refractivity contribution in [2.75, 3.05) is 13.6 Å². The molecule has 0 radical (unpaired) electrons. The summed E-state index contributed by atoms with van der Waals surface area (Å²) < 4.78 is 0. The van der Waals surface area contributed by atoms with E-state index in [-0.39, 0.29) is 31.1 Å². The van der Waals surface area contributed by atoms with Gasteiger partial charge in [0.2, 0.25) is 5.91 Å². The first-order valence-corrected chi connectivity index (χ1v) is 6.88. The molecule has 1 amide bonds. The van der Waals surface area contributed by atoms with E-state index in [1.165, 1.54) is 4.90 Å². The molecule has 5 heteroatoms. The van der Waals surface area contributed by atoms with Gasteiger partial charge in [0.05, 0.1) is 5.92 Å². The van der Waals surface area contributed by atoms with E-state index < -0.39 is 11.9 Å². The zero-order chi connectivity index (χ0) is 16.0. The highest BCUT2D eigenvalue weighted by Crippen LogP contribution is 2.09. The van der Waals surface area contributed by atoms with E-state index in [0.29, 0.717) is 5.56 Å². The minimum absolute atomic E-state index is 0.0805. The summed E-state index contributed by atoms with van der Waals surface area (Å²) in [5.74, 6) is -1.86. The third kappa shape index (κ3) is 5.38. The normalized spacial score (nSPS) is 11.8. The first-order chi connectivity index (χ1) is 9.81. The van der Waals surface area contributed by atoms with Crippen molar-refractivity contribution >= 4 is 17.7 Å². The van der Waals surface area contributed by atoms with Crippen molar-refractivity contribution in [3.63, 3.8) is 0 Å². The summed E-state index contributed by atoms with van der Waals surface area (Å²) in [6.45, 7) is 3.63. The van der Waals surface area contributed by atoms with Crippen LogP contribution >= 0.6 is 0 Å². The molecule has 0 spiro atoms. The summed E-state index contributed by atoms with van der Waals surface area (Å²) in [6.07, 6.45) is 0.225. The number of nitrogens with zero attached hydrogens (tertiary/aromatic N) is 1. The van der Waals surface area contributed by atoms with Gasteiger partial charge < -0.3 is 10.0 Å². The Bertz CT molecular complexity index is 522. The molecule has 21 heavy (non-hydrogen) atoms. The summed E-state index contributed by atoms with van der Waals surface area (Å²) in [4.78, 5) is 35.9. The zero-order valence-electron chi connectivity index (χ0n) is 12.6. The van der Waals surface area contributed by atoms with Gasteiger partial charge in [0.25, 0.3) is 0 Å². The van der Waals surface area contributed by atoms with Gasteiger partial charge in [-0.15, -0.1) is 0 Å². The van der Waals surface area contributed by atoms with Crippen molar-refractivity contribution in [3.8, 4) is 0 Å². The maximum atomic E-state index is 11.9. The fourth-order valence-corrected chi connectivity index (χ4v) is 1.89. The van der Waals surface area contributed by atoms with Crippen molar-refractivity contribution in [1.82, 2.24) is 4.90 Å². The van der Waals surface area contributed by atoms with Gasteiger partial charge in [-0.05, 0) is 6.92 Å². The second kappa shape index (κ2) is 7.57. The van der Waals surface area contributed by atoms with Gasteiger partial charge in [-0.1, -0.05) is 36.8 Å². The Morgan fingerprint density at radius 3 is 2.24 bits per heavy atom. The lowest BCUT2D eigenvalue weighted by atomic mass is 10.0. The molecule has 1 N–H and O–H groups in total. The predicted molar refractivity (Wildman–Crippen MR) is 79.2 cm³/mol. The van der Waals surface area contributed by atoms with Crippen LogP contribution in [0.5, 0.6) is 0 Å². The Morgan fingerprint density at radius 1 is 1.14 bits per heavy atom. The highest BCUT2D eigenvalue weighted by atomic mass is 16.4. The van der Waals surface area contributed by atoms with Crippen molar-refractivity contribution in [2.45, 2.75) is 26.7 Å². The van der Waals surface area contributed by atoms with Crippen LogP contribution in [0.25, 0.3) is 0 Å². The zero-order valence-corrected chi connectivity index (χ0v) is 12.6. The van der Waals surface area contributed by atoms with Crippen LogP contribution in [0.15, 0.2) is 24.3 Å². The predicted octanol–water partition coefficient (Wildman–Crippen LogP) is 2.14. The number of Topliss-reactive ketones (excluding diaryl/α,β-unsaturated/α-hetero) is 1. The van der Waals surface area contributed by atoms with Gasteiger partial charge in [0.15, 0.2) is 5.78 Å². The minimum atomic E-state index is -0.939. The summed E-state index contributed by atoms with van der Waals surface area (Å²) in [5.41, 5.74) is 1.67. The SMILES string of the molecule is Cc1ccc(C(=O)CCC(=O)N(C)CC(C)C(=O)O)cc1. The number of benzene rings is 1. The lowest BCUT2D eigenvalue weighted by molar-refractivity contribution is -0.142. The molecule has 0 saturated carbocycles. The number of rotatable bonds is 7. The highest BCUT2D eigenvalue weighted by Gasteiger charge is 2.18. The largest absolute Gasteiger partial charge is 0.481 e. The van der Waals surface area contributed by atoms with Gasteiger partial charge in [-0.3, -0.25) is 14.4 Å². The van der Waals surface area contributed by atoms with Crippen LogP contribution in [0.1, 0.15) is 35.7 Å². The summed E-state index contributed by atoms with van der Waals surface area (Å²) in [6, 6.07) is 7.21. The molecule has 0 aliphatic rings. The number of carboxylic acid groups (broad SMARTS) is 1. The monoisotopic (exact) mass is 291 g/mol. The van der Waals surface area contributed by atoms with E-state index in [0.717, 1.165) is 5.56 Å². The van der Waals surface area contributed by atoms with E-state index in [4.69, 9.17) is 5.11 Å². The Kier molecular flexibility index (Phi) is 6.09. The van der Waals surface area contributed by atoms with Crippen molar-refractivity contribution < 1.29 is 19.5 Å². The fourth-order valence-electron chi connectivity index (χ4n) is 1.89. The Morgan fingerprint density at radius 2 is 1.71 bits per heavy atom. The van der Waals surface area contributed by atoms with Crippen LogP contribution in [0, 0.1) is 12.8 Å². The van der Waals surface area contributed by atoms with Crippen LogP contribution in [-0.4, -0.2) is 41.3 Å². The quantitative estimate of drug-likeness (QED) is 0.781. The molecule has 0 aliphatic heterocycles. The van der Waals surface area contributed by atoms with Crippen LogP contribution in [0.4, 0.5) is 0 Å². The minimum Gasteiger partial charge on any atom is -0.481 e. The molecule has 0 aromatic heterocycles. The highest BCUT2D eigenvalue weighted by molar-refractivity contribution is 5.97. The molecule has 0 saturated heterocycles. The second-order valence-electron chi connectivity index (χ2n) is 5.30. The van der Waals surface area contributed by atoms with Gasteiger partial charge in [0, 0.05) is 32.0 Å². The lowest BCUT2D eigenvalue weighted by Gasteiger charge is -2.19. The molecule has 1 atom stereocenters. The van der Waals surface area contributed by atoms with E-state index in [2.05, 4.69) is 0 Å². The van der Waals surface area contributed by atoms with Crippen LogP contribution < -0.4 is 0 Å². The second-order valence-corrected chi connectivity index (χ2v) is 5.30. The van der Waals surface area contributed by atoms with Gasteiger partial charge in [-0.2, -0.15) is 0 Å². The van der Waals surface area contributed by atoms with Gasteiger partial charge >= 0.3 is 5.97 Å². The molecule has 5 nitrogen and oxygen atoms in total. The molecular weight excluding hydrogens is 270 g/mol. The van der Waals surface area contributed by atoms with Gasteiger partial charge in [-0.25, -0.2) is 0 Å². The molecule has 0 heterocycles. The van der Waals surface area contributed by atoms with Crippen LogP contribution in [0.2, 0.25) is 0 Å². The Hall–Kier alpha value is -2.17. The molecule has 0 fully saturated rings. The topological polar surface area (TPSA) is 74.7 Å². The number of aryl methyl sites for hydroxylation is 1. The third-order valence-corrected chi connectivity index (χ3v) is 3.33. The van der Waals surface area contributed by atoms with Crippen LogP contribution in [0.3, 0.4) is 0 Å². The van der Waals surface area contributed by atoms with E-state index in [1.807, 2.05) is 19.1 Å². The first-order valence-electron chi connectivity index (χ1n) is 6.88. The number of carboxylic acids is 1. The average molecular weight is 291 g/mol. The van der Waals surface area contributed by atoms with E-state index >= 15 is 0 Å². The lowest BCUT2D eigenvalue weighted by Crippen LogP contribution is -2.33. The Labute approximate surface area is 124 Å². The van der Waals surface area contributed by atoms with E-state index in [9.17, 15) is 14.4 Å². The third-order valence-electron chi connectivity index (χ3n) is 3.33. The van der Waals surface area contributed by atoms with E-state index in [1.54, 1.807) is 26.1 Å². The number of amides is 1. The maximum absolute atomic E-state index is 11.9. The number of hydrogen-bond acceptors (Lipinski definition) is 3. The molecule has 0 bridgehead atoms. The standard InChI is InChI=1S/C16H21NO4/c1-11-4-6-13(7-5-11)14(18)8-9-15(19)17(3)10-12(2)16(20)21/h4-7,12H,8-10H2,1-3H3,(H,20,21). The summed E-state index contributed by atoms with van der Waals surface area (Å²) in [7, 11) is 1.55. The fraction of sp³-hybridized carbons (Fsp3) is 0.438. The smallest absolute Gasteiger partial charge is 0.308 e. The van der Waals surface area contributed by atoms with Crippen molar-refractivity contribution in [2.24, 2.45) is 5.92 Å². The first kappa shape index (κ1) is 16.9. The number of carbonyl (C=O) groups excluding carboxylic acids is 2. The number of hydrogen-bond donors (Lipinski definition) is 1. The van der Waals surface area contributed by atoms with Crippen LogP contribution in [-0.2, 0) is 9.59 Å². The van der Waals surface area contributed by atoms with Crippen molar-refractivity contribution in [3.05, 3.63) is 35.4 Å². The molecule has 1 unspecified atom stereocenters. The molecule has 1 aromatic rings. The average Bonchev–Trinajstić information content (AvgIpc) is 2.44. The number of ketones is 1. The number of aliphatic carboxylic acids is 1.